The van der Waals surface area contributed by atoms with Gasteiger partial charge >= 0.3 is 5.97 Å². The molecule has 2 nitrogen and oxygen atoms in total. The standard InChI is InChI=1S/C12H14O2S/c13-12(9-15-11-6-7-11)14-8-10-4-2-1-3-5-10/h1-5,11H,6-9H2. The molecule has 1 aromatic rings. The number of carbonyl (C=O) groups is 1. The zero-order valence-electron chi connectivity index (χ0n) is 8.52. The Hall–Kier alpha value is -0.960. The van der Waals surface area contributed by atoms with Crippen LogP contribution >= 0.6 is 11.8 Å². The SMILES string of the molecule is O=C(CSC1CC1)OCc1ccccc1. The fraction of sp³-hybridized carbons (Fsp3) is 0.417. The summed E-state index contributed by atoms with van der Waals surface area (Å²) in [4.78, 5) is 11.3. The Morgan fingerprint density at radius 1 is 1.33 bits per heavy atom. The number of carbonyl (C=O) groups excluding carboxylic acids is 1. The Bertz CT molecular complexity index is 320. The second kappa shape index (κ2) is 5.21. The Labute approximate surface area is 94.0 Å². The molecule has 80 valence electrons. The lowest BCUT2D eigenvalue weighted by molar-refractivity contribution is -0.141. The molecule has 0 aliphatic heterocycles. The maximum absolute atomic E-state index is 11.3. The van der Waals surface area contributed by atoms with E-state index in [1.807, 2.05) is 30.3 Å². The monoisotopic (exact) mass is 222 g/mol. The number of esters is 1. The van der Waals surface area contributed by atoms with E-state index < -0.39 is 0 Å². The predicted octanol–water partition coefficient (Wildman–Crippen LogP) is 2.63. The van der Waals surface area contributed by atoms with Gasteiger partial charge in [0.25, 0.3) is 0 Å². The van der Waals surface area contributed by atoms with Crippen LogP contribution in [0.5, 0.6) is 0 Å². The number of hydrogen-bond donors (Lipinski definition) is 0. The van der Waals surface area contributed by atoms with Gasteiger partial charge in [0.2, 0.25) is 0 Å². The van der Waals surface area contributed by atoms with Gasteiger partial charge in [-0.1, -0.05) is 30.3 Å². The van der Waals surface area contributed by atoms with E-state index >= 15 is 0 Å². The summed E-state index contributed by atoms with van der Waals surface area (Å²) in [6.45, 7) is 0.394. The van der Waals surface area contributed by atoms with Gasteiger partial charge in [-0.15, -0.1) is 11.8 Å². The Kier molecular flexibility index (Phi) is 3.67. The minimum absolute atomic E-state index is 0.101. The summed E-state index contributed by atoms with van der Waals surface area (Å²) in [5, 5.41) is 0.717. The summed E-state index contributed by atoms with van der Waals surface area (Å²) >= 11 is 1.71. The zero-order valence-corrected chi connectivity index (χ0v) is 9.33. The van der Waals surface area contributed by atoms with Gasteiger partial charge in [-0.2, -0.15) is 0 Å². The third kappa shape index (κ3) is 3.96. The first-order valence-electron chi connectivity index (χ1n) is 5.16. The van der Waals surface area contributed by atoms with Gasteiger partial charge in [-0.25, -0.2) is 0 Å². The van der Waals surface area contributed by atoms with Crippen LogP contribution in [0.2, 0.25) is 0 Å². The molecular formula is C12H14O2S. The van der Waals surface area contributed by atoms with E-state index in [1.165, 1.54) is 12.8 Å². The number of benzene rings is 1. The molecule has 0 unspecified atom stereocenters. The number of thioether (sulfide) groups is 1. The molecule has 0 radical (unpaired) electrons. The highest BCUT2D eigenvalue weighted by Gasteiger charge is 2.22. The van der Waals surface area contributed by atoms with Gasteiger partial charge < -0.3 is 4.74 Å². The van der Waals surface area contributed by atoms with Crippen molar-refractivity contribution < 1.29 is 9.53 Å². The van der Waals surface area contributed by atoms with Crippen LogP contribution in [0.15, 0.2) is 30.3 Å². The second-order valence-corrected chi connectivity index (χ2v) is 4.95. The average Bonchev–Trinajstić information content (AvgIpc) is 3.09. The van der Waals surface area contributed by atoms with Gasteiger partial charge in [0.15, 0.2) is 0 Å². The van der Waals surface area contributed by atoms with Crippen LogP contribution in [0.1, 0.15) is 18.4 Å². The molecular weight excluding hydrogens is 208 g/mol. The molecule has 1 fully saturated rings. The van der Waals surface area contributed by atoms with Crippen LogP contribution in [0.4, 0.5) is 0 Å². The number of rotatable bonds is 5. The van der Waals surface area contributed by atoms with Gasteiger partial charge in [-0.05, 0) is 18.4 Å². The van der Waals surface area contributed by atoms with Gasteiger partial charge in [0.05, 0.1) is 5.75 Å². The molecule has 1 aromatic carbocycles. The quantitative estimate of drug-likeness (QED) is 0.716. The summed E-state index contributed by atoms with van der Waals surface area (Å²) in [5.41, 5.74) is 1.04. The van der Waals surface area contributed by atoms with Gasteiger partial charge in [0.1, 0.15) is 6.61 Å². The lowest BCUT2D eigenvalue weighted by atomic mass is 10.2. The lowest BCUT2D eigenvalue weighted by Gasteiger charge is -2.03. The summed E-state index contributed by atoms with van der Waals surface area (Å²) < 4.78 is 5.15. The topological polar surface area (TPSA) is 26.3 Å². The highest BCUT2D eigenvalue weighted by atomic mass is 32.2. The van der Waals surface area contributed by atoms with Crippen molar-refractivity contribution in [3.05, 3.63) is 35.9 Å². The molecule has 0 bridgehead atoms. The summed E-state index contributed by atoms with van der Waals surface area (Å²) in [7, 11) is 0. The van der Waals surface area contributed by atoms with Crippen molar-refractivity contribution >= 4 is 17.7 Å². The van der Waals surface area contributed by atoms with Crippen LogP contribution in [0.3, 0.4) is 0 Å². The van der Waals surface area contributed by atoms with E-state index in [9.17, 15) is 4.79 Å². The fourth-order valence-electron chi connectivity index (χ4n) is 1.20. The molecule has 0 N–H and O–H groups in total. The van der Waals surface area contributed by atoms with E-state index in [0.29, 0.717) is 17.6 Å². The normalized spacial score (nSPS) is 14.9. The molecule has 3 heteroatoms. The third-order valence-electron chi connectivity index (χ3n) is 2.20. The lowest BCUT2D eigenvalue weighted by Crippen LogP contribution is -2.07. The molecule has 0 amide bonds. The summed E-state index contributed by atoms with van der Waals surface area (Å²) in [6.07, 6.45) is 2.52. The van der Waals surface area contributed by atoms with E-state index in [4.69, 9.17) is 4.74 Å². The van der Waals surface area contributed by atoms with Crippen LogP contribution in [-0.4, -0.2) is 17.0 Å². The van der Waals surface area contributed by atoms with E-state index in [0.717, 1.165) is 5.56 Å². The van der Waals surface area contributed by atoms with Crippen molar-refractivity contribution in [1.82, 2.24) is 0 Å². The first-order chi connectivity index (χ1) is 7.34. The Morgan fingerprint density at radius 2 is 2.07 bits per heavy atom. The largest absolute Gasteiger partial charge is 0.460 e. The number of hydrogen-bond acceptors (Lipinski definition) is 3. The third-order valence-corrected chi connectivity index (χ3v) is 3.55. The number of ether oxygens (including phenoxy) is 1. The van der Waals surface area contributed by atoms with Crippen LogP contribution in [-0.2, 0) is 16.1 Å². The summed E-state index contributed by atoms with van der Waals surface area (Å²) in [5.74, 6) is 0.396. The minimum atomic E-state index is -0.101. The van der Waals surface area contributed by atoms with Crippen LogP contribution < -0.4 is 0 Å². The molecule has 0 atom stereocenters. The van der Waals surface area contributed by atoms with Gasteiger partial charge in [0, 0.05) is 5.25 Å². The fourth-order valence-corrected chi connectivity index (χ4v) is 2.12. The van der Waals surface area contributed by atoms with Crippen LogP contribution in [0, 0.1) is 0 Å². The predicted molar refractivity (Wildman–Crippen MR) is 61.7 cm³/mol. The average molecular weight is 222 g/mol. The van der Waals surface area contributed by atoms with E-state index in [2.05, 4.69) is 0 Å². The molecule has 1 saturated carbocycles. The van der Waals surface area contributed by atoms with Crippen molar-refractivity contribution in [1.29, 1.82) is 0 Å². The van der Waals surface area contributed by atoms with Crippen molar-refractivity contribution in [2.75, 3.05) is 5.75 Å². The first-order valence-corrected chi connectivity index (χ1v) is 6.20. The smallest absolute Gasteiger partial charge is 0.316 e. The van der Waals surface area contributed by atoms with E-state index in [-0.39, 0.29) is 5.97 Å². The molecule has 1 aliphatic rings. The summed E-state index contributed by atoms with van der Waals surface area (Å²) in [6, 6.07) is 9.77. The van der Waals surface area contributed by atoms with Crippen LogP contribution in [0.25, 0.3) is 0 Å². The Balaban J connectivity index is 1.66. The molecule has 0 heterocycles. The maximum atomic E-state index is 11.3. The molecule has 0 aromatic heterocycles. The molecule has 0 saturated heterocycles. The zero-order chi connectivity index (χ0) is 10.5. The second-order valence-electron chi connectivity index (χ2n) is 3.66. The van der Waals surface area contributed by atoms with Crippen molar-refractivity contribution in [2.45, 2.75) is 24.7 Å². The molecule has 0 spiro atoms. The highest BCUT2D eigenvalue weighted by molar-refractivity contribution is 8.00. The molecule has 1 aliphatic carbocycles. The highest BCUT2D eigenvalue weighted by Crippen LogP contribution is 2.33. The van der Waals surface area contributed by atoms with Crippen molar-refractivity contribution in [3.8, 4) is 0 Å². The van der Waals surface area contributed by atoms with E-state index in [1.54, 1.807) is 11.8 Å². The maximum Gasteiger partial charge on any atom is 0.316 e. The minimum Gasteiger partial charge on any atom is -0.460 e. The molecule has 2 rings (SSSR count). The van der Waals surface area contributed by atoms with Crippen molar-refractivity contribution in [2.24, 2.45) is 0 Å². The Morgan fingerprint density at radius 3 is 2.73 bits per heavy atom. The molecule has 15 heavy (non-hydrogen) atoms. The van der Waals surface area contributed by atoms with Gasteiger partial charge in [-0.3, -0.25) is 4.79 Å². The first kappa shape index (κ1) is 10.6. The van der Waals surface area contributed by atoms with Crippen molar-refractivity contribution in [3.63, 3.8) is 0 Å².